The average molecular weight is 435 g/mol. The van der Waals surface area contributed by atoms with Gasteiger partial charge in [-0.1, -0.05) is 47.6 Å². The van der Waals surface area contributed by atoms with Crippen molar-refractivity contribution in [1.29, 1.82) is 0 Å². The summed E-state index contributed by atoms with van der Waals surface area (Å²) in [6.07, 6.45) is 4.13. The van der Waals surface area contributed by atoms with E-state index in [-0.39, 0.29) is 23.1 Å². The van der Waals surface area contributed by atoms with Gasteiger partial charge in [0, 0.05) is 24.1 Å². The second-order valence-corrected chi connectivity index (χ2v) is 8.96. The predicted molar refractivity (Wildman–Crippen MR) is 118 cm³/mol. The number of hydrogen-bond acceptors (Lipinski definition) is 5. The Hall–Kier alpha value is -3.06. The van der Waals surface area contributed by atoms with Gasteiger partial charge in [0.25, 0.3) is 0 Å². The van der Waals surface area contributed by atoms with E-state index >= 15 is 0 Å². The van der Waals surface area contributed by atoms with E-state index in [9.17, 15) is 9.18 Å². The number of amides is 1. The lowest BCUT2D eigenvalue weighted by molar-refractivity contribution is -0.122. The number of likely N-dealkylation sites (tertiary alicyclic amines) is 1. The maximum Gasteiger partial charge on any atom is 0.234 e. The molecule has 0 radical (unpaired) electrons. The summed E-state index contributed by atoms with van der Waals surface area (Å²) in [6, 6.07) is 16.6. The molecule has 0 spiro atoms. The van der Waals surface area contributed by atoms with Gasteiger partial charge in [0.15, 0.2) is 0 Å². The highest BCUT2D eigenvalue weighted by atomic mass is 19.1. The van der Waals surface area contributed by atoms with Gasteiger partial charge in [0.1, 0.15) is 5.82 Å². The van der Waals surface area contributed by atoms with Crippen LogP contribution in [0.25, 0.3) is 11.4 Å². The van der Waals surface area contributed by atoms with Crippen LogP contribution in [-0.4, -0.2) is 47.1 Å². The third-order valence-electron chi connectivity index (χ3n) is 6.61. The summed E-state index contributed by atoms with van der Waals surface area (Å²) < 4.78 is 19.0. The summed E-state index contributed by atoms with van der Waals surface area (Å²) in [5.74, 6) is 0.744. The van der Waals surface area contributed by atoms with Crippen molar-refractivity contribution in [3.63, 3.8) is 0 Å². The molecule has 1 saturated heterocycles. The maximum atomic E-state index is 13.5. The van der Waals surface area contributed by atoms with Crippen molar-refractivity contribution in [2.75, 3.05) is 26.2 Å². The van der Waals surface area contributed by atoms with Crippen LogP contribution in [-0.2, 0) is 10.2 Å². The van der Waals surface area contributed by atoms with Gasteiger partial charge >= 0.3 is 0 Å². The van der Waals surface area contributed by atoms with Crippen molar-refractivity contribution in [2.24, 2.45) is 0 Å². The number of carbonyl (C=O) groups excluding carboxylic acids is 1. The molecule has 1 aliphatic heterocycles. The summed E-state index contributed by atoms with van der Waals surface area (Å²) >= 11 is 0. The first-order valence-electron chi connectivity index (χ1n) is 11.3. The zero-order valence-electron chi connectivity index (χ0n) is 18.0. The van der Waals surface area contributed by atoms with Crippen molar-refractivity contribution < 1.29 is 13.7 Å². The minimum Gasteiger partial charge on any atom is -0.354 e. The van der Waals surface area contributed by atoms with E-state index in [0.717, 1.165) is 32.2 Å². The van der Waals surface area contributed by atoms with Crippen LogP contribution in [0, 0.1) is 5.82 Å². The van der Waals surface area contributed by atoms with Crippen LogP contribution in [0.4, 0.5) is 4.39 Å². The van der Waals surface area contributed by atoms with Gasteiger partial charge in [0.2, 0.25) is 17.6 Å². The van der Waals surface area contributed by atoms with E-state index in [1.54, 1.807) is 12.1 Å². The first-order chi connectivity index (χ1) is 15.6. The normalized spacial score (nSPS) is 20.1. The fraction of sp³-hybridized carbons (Fsp3) is 0.400. The molecule has 1 unspecified atom stereocenters. The van der Waals surface area contributed by atoms with Crippen LogP contribution in [0.5, 0.6) is 0 Å². The minimum absolute atomic E-state index is 0.0545. The van der Waals surface area contributed by atoms with Gasteiger partial charge in [-0.2, -0.15) is 4.98 Å². The molecule has 2 heterocycles. The zero-order chi connectivity index (χ0) is 22.0. The Morgan fingerprint density at radius 2 is 2.03 bits per heavy atom. The van der Waals surface area contributed by atoms with E-state index < -0.39 is 0 Å². The zero-order valence-corrected chi connectivity index (χ0v) is 18.0. The van der Waals surface area contributed by atoms with Crippen molar-refractivity contribution in [3.8, 4) is 11.4 Å². The third-order valence-corrected chi connectivity index (χ3v) is 6.61. The number of rotatable bonds is 7. The van der Waals surface area contributed by atoms with Gasteiger partial charge in [-0.25, -0.2) is 4.39 Å². The van der Waals surface area contributed by atoms with Gasteiger partial charge in [-0.3, -0.25) is 9.69 Å². The molecule has 7 heteroatoms. The topological polar surface area (TPSA) is 71.3 Å². The lowest BCUT2D eigenvalue weighted by Gasteiger charge is -2.30. The molecule has 1 N–H and O–H groups in total. The Morgan fingerprint density at radius 3 is 2.81 bits per heavy atom. The van der Waals surface area contributed by atoms with Crippen LogP contribution in [0.1, 0.15) is 43.1 Å². The minimum atomic E-state index is -0.330. The summed E-state index contributed by atoms with van der Waals surface area (Å²) in [6.45, 7) is 2.63. The quantitative estimate of drug-likeness (QED) is 0.611. The molecule has 32 heavy (non-hydrogen) atoms. The Kier molecular flexibility index (Phi) is 5.74. The van der Waals surface area contributed by atoms with Crippen molar-refractivity contribution in [1.82, 2.24) is 20.4 Å². The fourth-order valence-corrected chi connectivity index (χ4v) is 4.58. The molecule has 1 atom stereocenters. The second-order valence-electron chi connectivity index (χ2n) is 8.96. The summed E-state index contributed by atoms with van der Waals surface area (Å²) in [7, 11) is 0. The molecule has 3 aromatic rings. The number of piperidine rings is 1. The highest BCUT2D eigenvalue weighted by Crippen LogP contribution is 2.47. The highest BCUT2D eigenvalue weighted by Gasteiger charge is 2.44. The van der Waals surface area contributed by atoms with E-state index in [1.165, 1.54) is 17.7 Å². The molecule has 2 aliphatic rings. The van der Waals surface area contributed by atoms with Crippen molar-refractivity contribution in [3.05, 3.63) is 71.9 Å². The maximum absolute atomic E-state index is 13.5. The molecule has 1 amide bonds. The number of carbonyl (C=O) groups is 1. The molecule has 166 valence electrons. The predicted octanol–water partition coefficient (Wildman–Crippen LogP) is 3.90. The monoisotopic (exact) mass is 434 g/mol. The number of nitrogens with one attached hydrogen (secondary N) is 1. The summed E-state index contributed by atoms with van der Waals surface area (Å²) in [4.78, 5) is 19.3. The molecule has 1 aromatic heterocycles. The number of nitrogens with zero attached hydrogens (tertiary/aromatic N) is 3. The van der Waals surface area contributed by atoms with E-state index in [4.69, 9.17) is 4.52 Å². The molecule has 1 saturated carbocycles. The molecule has 6 nitrogen and oxygen atoms in total. The largest absolute Gasteiger partial charge is 0.354 e. The van der Waals surface area contributed by atoms with Crippen molar-refractivity contribution in [2.45, 2.75) is 37.0 Å². The SMILES string of the molecule is O=C(CN1CCCC(c2nc(-c3cccc(F)c3)no2)C1)NCC1(c2ccccc2)CC1. The summed E-state index contributed by atoms with van der Waals surface area (Å²) in [5.41, 5.74) is 2.02. The number of aromatic nitrogens is 2. The molecule has 1 aliphatic carbocycles. The van der Waals surface area contributed by atoms with E-state index in [1.807, 2.05) is 6.07 Å². The second kappa shape index (κ2) is 8.82. The molecular formula is C25H27FN4O2. The summed E-state index contributed by atoms with van der Waals surface area (Å²) in [5, 5.41) is 7.18. The van der Waals surface area contributed by atoms with Crippen LogP contribution in [0.15, 0.2) is 59.1 Å². The standard InChI is InChI=1S/C25H27FN4O2/c26-21-10-4-6-18(14-21)23-28-24(32-29-23)19-7-5-13-30(15-19)16-22(31)27-17-25(11-12-25)20-8-2-1-3-9-20/h1-4,6,8-10,14,19H,5,7,11-13,15-17H2,(H,27,31). The molecule has 2 fully saturated rings. The van der Waals surface area contributed by atoms with Gasteiger partial charge < -0.3 is 9.84 Å². The fourth-order valence-electron chi connectivity index (χ4n) is 4.58. The molecule has 2 aromatic carbocycles. The van der Waals surface area contributed by atoms with Crippen LogP contribution in [0.2, 0.25) is 0 Å². The lowest BCUT2D eigenvalue weighted by Crippen LogP contribution is -2.43. The Balaban J connectivity index is 1.16. The highest BCUT2D eigenvalue weighted by molar-refractivity contribution is 5.78. The smallest absolute Gasteiger partial charge is 0.234 e. The lowest BCUT2D eigenvalue weighted by atomic mass is 9.96. The first kappa shape index (κ1) is 20.8. The van der Waals surface area contributed by atoms with Crippen LogP contribution < -0.4 is 5.32 Å². The Labute approximate surface area is 186 Å². The first-order valence-corrected chi connectivity index (χ1v) is 11.3. The van der Waals surface area contributed by atoms with E-state index in [0.29, 0.717) is 36.9 Å². The Morgan fingerprint density at radius 1 is 1.19 bits per heavy atom. The van der Waals surface area contributed by atoms with E-state index in [2.05, 4.69) is 44.6 Å². The average Bonchev–Trinajstić information content (AvgIpc) is 3.45. The Bertz CT molecular complexity index is 1080. The van der Waals surface area contributed by atoms with Gasteiger partial charge in [-0.05, 0) is 49.9 Å². The molecular weight excluding hydrogens is 407 g/mol. The van der Waals surface area contributed by atoms with Crippen molar-refractivity contribution >= 4 is 5.91 Å². The third kappa shape index (κ3) is 4.58. The number of benzene rings is 2. The van der Waals surface area contributed by atoms with Crippen LogP contribution in [0.3, 0.4) is 0 Å². The number of halogens is 1. The molecule has 0 bridgehead atoms. The molecule has 5 rings (SSSR count). The van der Waals surface area contributed by atoms with Gasteiger partial charge in [0.05, 0.1) is 12.5 Å². The van der Waals surface area contributed by atoms with Crippen LogP contribution >= 0.6 is 0 Å². The number of hydrogen-bond donors (Lipinski definition) is 1. The van der Waals surface area contributed by atoms with Gasteiger partial charge in [-0.15, -0.1) is 0 Å².